The summed E-state index contributed by atoms with van der Waals surface area (Å²) in [5, 5.41) is 0. The van der Waals surface area contributed by atoms with E-state index in [0.717, 1.165) is 30.4 Å². The van der Waals surface area contributed by atoms with Gasteiger partial charge in [-0.1, -0.05) is 35.0 Å². The van der Waals surface area contributed by atoms with Crippen LogP contribution in [0.15, 0.2) is 28.7 Å². The van der Waals surface area contributed by atoms with Gasteiger partial charge in [0.2, 0.25) is 5.91 Å². The largest absolute Gasteiger partial charge is 0.378 e. The number of hydrogen-bond acceptors (Lipinski definition) is 2. The van der Waals surface area contributed by atoms with Gasteiger partial charge < -0.3 is 9.64 Å². The molecule has 3 nitrogen and oxygen atoms in total. The number of nitrogens with zero attached hydrogens (tertiary/aromatic N) is 1. The summed E-state index contributed by atoms with van der Waals surface area (Å²) in [5.41, 5.74) is 1.21. The summed E-state index contributed by atoms with van der Waals surface area (Å²) < 4.78 is 6.37. The summed E-state index contributed by atoms with van der Waals surface area (Å²) >= 11 is 3.48. The quantitative estimate of drug-likeness (QED) is 0.851. The second-order valence-electron chi connectivity index (χ2n) is 4.88. The third-order valence-electron chi connectivity index (χ3n) is 3.54. The van der Waals surface area contributed by atoms with Crippen molar-refractivity contribution < 1.29 is 9.53 Å². The first kappa shape index (κ1) is 14.5. The second-order valence-corrected chi connectivity index (χ2v) is 5.79. The molecule has 4 heteroatoms. The number of morpholine rings is 1. The molecule has 1 amide bonds. The van der Waals surface area contributed by atoms with Crippen LogP contribution in [0.5, 0.6) is 0 Å². The predicted octanol–water partition coefficient (Wildman–Crippen LogP) is 2.88. The molecule has 1 atom stereocenters. The molecule has 19 heavy (non-hydrogen) atoms. The number of ether oxygens (including phenoxy) is 1. The average Bonchev–Trinajstić information content (AvgIpc) is 2.45. The number of benzene rings is 1. The molecule has 1 aliphatic heterocycles. The summed E-state index contributed by atoms with van der Waals surface area (Å²) in [6.45, 7) is 4.88. The van der Waals surface area contributed by atoms with E-state index in [1.165, 1.54) is 5.56 Å². The minimum Gasteiger partial charge on any atom is -0.378 e. The van der Waals surface area contributed by atoms with Gasteiger partial charge in [-0.15, -0.1) is 0 Å². The highest BCUT2D eigenvalue weighted by Crippen LogP contribution is 2.19. The predicted molar refractivity (Wildman–Crippen MR) is 79.0 cm³/mol. The topological polar surface area (TPSA) is 29.5 Å². The van der Waals surface area contributed by atoms with Crippen molar-refractivity contribution in [1.82, 2.24) is 4.90 Å². The molecule has 0 spiro atoms. The zero-order valence-corrected chi connectivity index (χ0v) is 12.9. The highest BCUT2D eigenvalue weighted by Gasteiger charge is 2.24. The Kier molecular flexibility index (Phi) is 5.40. The van der Waals surface area contributed by atoms with Crippen molar-refractivity contribution in [2.75, 3.05) is 26.3 Å². The fourth-order valence-electron chi connectivity index (χ4n) is 2.40. The van der Waals surface area contributed by atoms with Crippen LogP contribution in [0, 0.1) is 5.92 Å². The van der Waals surface area contributed by atoms with Crippen LogP contribution in [0.25, 0.3) is 0 Å². The van der Waals surface area contributed by atoms with Crippen LogP contribution in [0.1, 0.15) is 18.9 Å². The first-order chi connectivity index (χ1) is 9.20. The zero-order valence-electron chi connectivity index (χ0n) is 11.3. The van der Waals surface area contributed by atoms with Crippen molar-refractivity contribution in [2.24, 2.45) is 5.92 Å². The van der Waals surface area contributed by atoms with Crippen LogP contribution < -0.4 is 0 Å². The molecule has 0 saturated carbocycles. The Balaban J connectivity index is 2.00. The fraction of sp³-hybridized carbons (Fsp3) is 0.533. The molecule has 1 aliphatic rings. The SMILES string of the molecule is CCC(Cc1cccc(Br)c1)C(=O)N1CCOCC1. The van der Waals surface area contributed by atoms with Crippen LogP contribution in [0.3, 0.4) is 0 Å². The summed E-state index contributed by atoms with van der Waals surface area (Å²) in [4.78, 5) is 14.4. The van der Waals surface area contributed by atoms with E-state index >= 15 is 0 Å². The number of hydrogen-bond donors (Lipinski definition) is 0. The number of carbonyl (C=O) groups is 1. The normalized spacial score (nSPS) is 17.3. The second kappa shape index (κ2) is 7.06. The Hall–Kier alpha value is -0.870. The monoisotopic (exact) mass is 325 g/mol. The van der Waals surface area contributed by atoms with Gasteiger partial charge in [-0.25, -0.2) is 0 Å². The van der Waals surface area contributed by atoms with Crippen molar-refractivity contribution in [3.05, 3.63) is 34.3 Å². The summed E-state index contributed by atoms with van der Waals surface area (Å²) in [7, 11) is 0. The molecule has 0 N–H and O–H groups in total. The minimum absolute atomic E-state index is 0.0763. The van der Waals surface area contributed by atoms with E-state index in [9.17, 15) is 4.79 Å². The Morgan fingerprint density at radius 3 is 2.79 bits per heavy atom. The van der Waals surface area contributed by atoms with E-state index in [-0.39, 0.29) is 11.8 Å². The molecule has 1 aromatic rings. The van der Waals surface area contributed by atoms with E-state index in [0.29, 0.717) is 13.2 Å². The lowest BCUT2D eigenvalue weighted by molar-refractivity contribution is -0.139. The van der Waals surface area contributed by atoms with Gasteiger partial charge in [-0.2, -0.15) is 0 Å². The highest BCUT2D eigenvalue weighted by molar-refractivity contribution is 9.10. The standard InChI is InChI=1S/C15H20BrNO2/c1-2-13(10-12-4-3-5-14(16)11-12)15(18)17-6-8-19-9-7-17/h3-5,11,13H,2,6-10H2,1H3. The molecule has 0 aliphatic carbocycles. The van der Waals surface area contributed by atoms with Gasteiger partial charge in [0.05, 0.1) is 13.2 Å². The summed E-state index contributed by atoms with van der Waals surface area (Å²) in [6.07, 6.45) is 1.69. The molecular weight excluding hydrogens is 306 g/mol. The molecule has 104 valence electrons. The maximum Gasteiger partial charge on any atom is 0.226 e. The Labute approximate surface area is 123 Å². The Morgan fingerprint density at radius 1 is 1.42 bits per heavy atom. The average molecular weight is 326 g/mol. The van der Waals surface area contributed by atoms with Gasteiger partial charge >= 0.3 is 0 Å². The van der Waals surface area contributed by atoms with Crippen LogP contribution >= 0.6 is 15.9 Å². The molecular formula is C15H20BrNO2. The number of carbonyl (C=O) groups excluding carboxylic acids is 1. The number of amides is 1. The van der Waals surface area contributed by atoms with Crippen molar-refractivity contribution in [1.29, 1.82) is 0 Å². The zero-order chi connectivity index (χ0) is 13.7. The van der Waals surface area contributed by atoms with E-state index in [1.807, 2.05) is 17.0 Å². The van der Waals surface area contributed by atoms with Gasteiger partial charge in [0, 0.05) is 23.5 Å². The van der Waals surface area contributed by atoms with E-state index < -0.39 is 0 Å². The van der Waals surface area contributed by atoms with Crippen LogP contribution in [-0.4, -0.2) is 37.1 Å². The molecule has 2 rings (SSSR count). The van der Waals surface area contributed by atoms with Crippen LogP contribution in [0.4, 0.5) is 0 Å². The van der Waals surface area contributed by atoms with Gasteiger partial charge in [-0.3, -0.25) is 4.79 Å². The molecule has 0 aromatic heterocycles. The van der Waals surface area contributed by atoms with Crippen molar-refractivity contribution >= 4 is 21.8 Å². The lowest BCUT2D eigenvalue weighted by atomic mass is 9.95. The van der Waals surface area contributed by atoms with Crippen molar-refractivity contribution in [3.8, 4) is 0 Å². The third kappa shape index (κ3) is 4.05. The van der Waals surface area contributed by atoms with Gasteiger partial charge in [0.25, 0.3) is 0 Å². The van der Waals surface area contributed by atoms with Crippen LogP contribution in [-0.2, 0) is 16.0 Å². The smallest absolute Gasteiger partial charge is 0.226 e. The molecule has 0 bridgehead atoms. The van der Waals surface area contributed by atoms with Gasteiger partial charge in [0.1, 0.15) is 0 Å². The van der Waals surface area contributed by atoms with Crippen molar-refractivity contribution in [2.45, 2.75) is 19.8 Å². The summed E-state index contributed by atoms with van der Waals surface area (Å²) in [6, 6.07) is 8.20. The number of rotatable bonds is 4. The van der Waals surface area contributed by atoms with Crippen molar-refractivity contribution in [3.63, 3.8) is 0 Å². The molecule has 1 heterocycles. The molecule has 0 radical (unpaired) electrons. The fourth-order valence-corrected chi connectivity index (χ4v) is 2.84. The molecule has 1 aromatic carbocycles. The van der Waals surface area contributed by atoms with Gasteiger partial charge in [-0.05, 0) is 30.5 Å². The number of halogens is 1. The van der Waals surface area contributed by atoms with E-state index in [1.54, 1.807) is 0 Å². The van der Waals surface area contributed by atoms with Gasteiger partial charge in [0.15, 0.2) is 0 Å². The Bertz CT molecular complexity index is 430. The van der Waals surface area contributed by atoms with E-state index in [2.05, 4.69) is 35.0 Å². The van der Waals surface area contributed by atoms with E-state index in [4.69, 9.17) is 4.74 Å². The minimum atomic E-state index is 0.0763. The highest BCUT2D eigenvalue weighted by atomic mass is 79.9. The molecule has 1 fully saturated rings. The molecule has 1 saturated heterocycles. The summed E-state index contributed by atoms with van der Waals surface area (Å²) in [5.74, 6) is 0.346. The first-order valence-electron chi connectivity index (χ1n) is 6.81. The molecule has 1 unspecified atom stereocenters. The maximum atomic E-state index is 12.5. The lowest BCUT2D eigenvalue weighted by Gasteiger charge is -2.30. The van der Waals surface area contributed by atoms with Crippen LogP contribution in [0.2, 0.25) is 0 Å². The first-order valence-corrected chi connectivity index (χ1v) is 7.61. The Morgan fingerprint density at radius 2 is 2.16 bits per heavy atom. The third-order valence-corrected chi connectivity index (χ3v) is 4.03. The maximum absolute atomic E-state index is 12.5. The lowest BCUT2D eigenvalue weighted by Crippen LogP contribution is -2.44.